The van der Waals surface area contributed by atoms with E-state index in [0.29, 0.717) is 12.8 Å². The summed E-state index contributed by atoms with van der Waals surface area (Å²) in [5.74, 6) is -1.60. The van der Waals surface area contributed by atoms with Gasteiger partial charge < -0.3 is 4.74 Å². The monoisotopic (exact) mass is 440 g/mol. The van der Waals surface area contributed by atoms with Crippen molar-refractivity contribution in [3.8, 4) is 0 Å². The summed E-state index contributed by atoms with van der Waals surface area (Å²) in [7, 11) is -6.49. The fourth-order valence-corrected chi connectivity index (χ4v) is 3.77. The van der Waals surface area contributed by atoms with Crippen LogP contribution in [0, 0.1) is 16.2 Å². The molecule has 28 heavy (non-hydrogen) atoms. The fraction of sp³-hybridized carbons (Fsp3) is 0.941. The molecule has 0 aliphatic carbocycles. The second-order valence-electron chi connectivity index (χ2n) is 8.70. The van der Waals surface area contributed by atoms with Gasteiger partial charge in [-0.25, -0.2) is 0 Å². The van der Waals surface area contributed by atoms with Crippen LogP contribution in [0.3, 0.4) is 0 Å². The van der Waals surface area contributed by atoms with Gasteiger partial charge in [0, 0.05) is 0 Å². The zero-order chi connectivity index (χ0) is 23.0. The quantitative estimate of drug-likeness (QED) is 0.318. The Morgan fingerprint density at radius 3 is 1.61 bits per heavy atom. The highest BCUT2D eigenvalue weighted by Crippen LogP contribution is 2.52. The second kappa shape index (κ2) is 8.04. The van der Waals surface area contributed by atoms with Crippen LogP contribution in [0.5, 0.6) is 0 Å². The minimum Gasteiger partial charge on any atom is -0.444 e. The van der Waals surface area contributed by atoms with Crippen molar-refractivity contribution in [1.29, 1.82) is 0 Å². The van der Waals surface area contributed by atoms with Crippen LogP contribution < -0.4 is 0 Å². The van der Waals surface area contributed by atoms with E-state index < -0.39 is 49.9 Å². The van der Waals surface area contributed by atoms with E-state index in [1.54, 1.807) is 41.5 Å². The van der Waals surface area contributed by atoms with E-state index in [1.165, 1.54) is 6.92 Å². The Morgan fingerprint density at radius 1 is 0.964 bits per heavy atom. The molecule has 0 amide bonds. The number of alkyl halides is 5. The third-order valence-corrected chi connectivity index (χ3v) is 6.30. The smallest absolute Gasteiger partial charge is 0.432 e. The number of hydrogen-bond acceptors (Lipinski definition) is 4. The number of hydrogen-bond donors (Lipinski definition) is 1. The normalized spacial score (nSPS) is 17.8. The molecule has 0 aliphatic heterocycles. The average Bonchev–Trinajstić information content (AvgIpc) is 2.46. The summed E-state index contributed by atoms with van der Waals surface area (Å²) in [6.45, 7) is 11.5. The lowest BCUT2D eigenvalue weighted by Crippen LogP contribution is -2.55. The molecule has 0 aromatic carbocycles. The van der Waals surface area contributed by atoms with Crippen LogP contribution in [-0.2, 0) is 19.6 Å². The van der Waals surface area contributed by atoms with Gasteiger partial charge >= 0.3 is 27.5 Å². The maximum atomic E-state index is 13.8. The van der Waals surface area contributed by atoms with Crippen molar-refractivity contribution in [3.63, 3.8) is 0 Å². The van der Waals surface area contributed by atoms with Crippen LogP contribution >= 0.6 is 0 Å². The van der Waals surface area contributed by atoms with Crippen LogP contribution in [0.25, 0.3) is 0 Å². The van der Waals surface area contributed by atoms with Gasteiger partial charge in [0.15, 0.2) is 0 Å². The summed E-state index contributed by atoms with van der Waals surface area (Å²) >= 11 is 0. The third kappa shape index (κ3) is 5.55. The highest BCUT2D eigenvalue weighted by molar-refractivity contribution is 7.86. The Balaban J connectivity index is 6.40. The molecule has 0 aromatic rings. The van der Waals surface area contributed by atoms with Gasteiger partial charge in [0.05, 0.1) is 5.41 Å². The van der Waals surface area contributed by atoms with Crippen molar-refractivity contribution in [2.45, 2.75) is 85.3 Å². The first-order valence-corrected chi connectivity index (χ1v) is 10.2. The van der Waals surface area contributed by atoms with Gasteiger partial charge in [-0.15, -0.1) is 0 Å². The van der Waals surface area contributed by atoms with E-state index in [2.05, 4.69) is 4.74 Å². The molecule has 0 radical (unpaired) electrons. The van der Waals surface area contributed by atoms with Crippen molar-refractivity contribution in [2.75, 3.05) is 0 Å². The van der Waals surface area contributed by atoms with Crippen molar-refractivity contribution >= 4 is 16.1 Å². The Morgan fingerprint density at radius 2 is 1.36 bits per heavy atom. The Kier molecular flexibility index (Phi) is 7.76. The molecule has 5 nitrogen and oxygen atoms in total. The van der Waals surface area contributed by atoms with Gasteiger partial charge in [0.1, 0.15) is 0 Å². The Labute approximate surface area is 162 Å². The van der Waals surface area contributed by atoms with E-state index in [-0.39, 0.29) is 6.42 Å². The van der Waals surface area contributed by atoms with E-state index in [1.807, 2.05) is 0 Å². The second-order valence-corrected chi connectivity index (χ2v) is 10.2. The molecule has 0 saturated heterocycles. The molecule has 168 valence electrons. The van der Waals surface area contributed by atoms with E-state index in [0.717, 1.165) is 0 Å². The van der Waals surface area contributed by atoms with Crippen molar-refractivity contribution in [2.24, 2.45) is 16.2 Å². The molecule has 0 spiro atoms. The van der Waals surface area contributed by atoms with Gasteiger partial charge in [-0.1, -0.05) is 41.5 Å². The van der Waals surface area contributed by atoms with Crippen LogP contribution in [0.15, 0.2) is 0 Å². The minimum atomic E-state index is -6.49. The van der Waals surface area contributed by atoms with Crippen molar-refractivity contribution in [1.82, 2.24) is 0 Å². The molecule has 0 saturated carbocycles. The van der Waals surface area contributed by atoms with Gasteiger partial charge in [-0.2, -0.15) is 30.4 Å². The Hall–Kier alpha value is -0.970. The van der Waals surface area contributed by atoms with E-state index in [4.69, 9.17) is 4.55 Å². The van der Waals surface area contributed by atoms with Crippen LogP contribution in [0.2, 0.25) is 0 Å². The van der Waals surface area contributed by atoms with Crippen molar-refractivity contribution in [3.05, 3.63) is 0 Å². The summed E-state index contributed by atoms with van der Waals surface area (Å²) in [6.07, 6.45) is -9.60. The van der Waals surface area contributed by atoms with E-state index in [9.17, 15) is 35.2 Å². The number of carbonyl (C=O) groups is 1. The van der Waals surface area contributed by atoms with Gasteiger partial charge in [0.25, 0.3) is 6.10 Å². The molecule has 2 unspecified atom stereocenters. The molecular weight excluding hydrogens is 411 g/mol. The molecule has 0 heterocycles. The molecule has 2 atom stereocenters. The standard InChI is InChI=1S/C17H29F5O5S/c1-8-14(6,9-2)15(7,10-13(3,4)5)12(23)27-11(16(18,19)20)17(21,22)28(24,25)26/h11H,8-10H2,1-7H3,(H,24,25,26). The maximum Gasteiger partial charge on any atom is 0.432 e. The van der Waals surface area contributed by atoms with Gasteiger partial charge in [-0.3, -0.25) is 9.35 Å². The number of carbonyl (C=O) groups excluding carboxylic acids is 1. The molecular formula is C17H29F5O5S. The molecule has 0 bridgehead atoms. The van der Waals surface area contributed by atoms with Crippen molar-refractivity contribution < 1.29 is 44.5 Å². The molecule has 0 aromatic heterocycles. The largest absolute Gasteiger partial charge is 0.444 e. The zero-order valence-electron chi connectivity index (χ0n) is 17.1. The lowest BCUT2D eigenvalue weighted by atomic mass is 9.57. The number of esters is 1. The highest BCUT2D eigenvalue weighted by atomic mass is 32.2. The van der Waals surface area contributed by atoms with Crippen LogP contribution in [0.4, 0.5) is 22.0 Å². The SMILES string of the molecule is CCC(C)(CC)C(C)(CC(C)(C)C)C(=O)OC(C(F)(F)F)C(F)(F)S(=O)(=O)O. The van der Waals surface area contributed by atoms with E-state index >= 15 is 0 Å². The minimum absolute atomic E-state index is 0.000955. The maximum absolute atomic E-state index is 13.8. The zero-order valence-corrected chi connectivity index (χ0v) is 17.9. The number of ether oxygens (including phenoxy) is 1. The lowest BCUT2D eigenvalue weighted by Gasteiger charge is -2.47. The van der Waals surface area contributed by atoms with Crippen LogP contribution in [0.1, 0.15) is 67.7 Å². The average molecular weight is 440 g/mol. The topological polar surface area (TPSA) is 80.7 Å². The van der Waals surface area contributed by atoms with Gasteiger partial charge in [0.2, 0.25) is 0 Å². The summed E-state index contributed by atoms with van der Waals surface area (Å²) in [6, 6.07) is 0. The Bertz CT molecular complexity index is 662. The molecule has 1 N–H and O–H groups in total. The molecule has 11 heteroatoms. The summed E-state index contributed by atoms with van der Waals surface area (Å²) in [5.41, 5.74) is -3.13. The number of rotatable bonds is 8. The summed E-state index contributed by atoms with van der Waals surface area (Å²) < 4.78 is 101. The number of halogens is 5. The first-order valence-electron chi connectivity index (χ1n) is 8.71. The summed E-state index contributed by atoms with van der Waals surface area (Å²) in [4.78, 5) is 12.8. The summed E-state index contributed by atoms with van der Waals surface area (Å²) in [5, 5.41) is -5.75. The first kappa shape index (κ1) is 27.0. The predicted octanol–water partition coefficient (Wildman–Crippen LogP) is 5.21. The third-order valence-electron chi connectivity index (χ3n) is 5.40. The fourth-order valence-electron chi connectivity index (χ4n) is 3.32. The molecule has 0 aliphatic rings. The predicted molar refractivity (Wildman–Crippen MR) is 93.3 cm³/mol. The lowest BCUT2D eigenvalue weighted by molar-refractivity contribution is -0.265. The first-order chi connectivity index (χ1) is 12.1. The molecule has 0 fully saturated rings. The molecule has 0 rings (SSSR count). The van der Waals surface area contributed by atoms with Gasteiger partial charge in [-0.05, 0) is 37.0 Å². The highest BCUT2D eigenvalue weighted by Gasteiger charge is 2.67. The van der Waals surface area contributed by atoms with Crippen LogP contribution in [-0.4, -0.2) is 36.5 Å².